The van der Waals surface area contributed by atoms with E-state index in [9.17, 15) is 18.6 Å². The van der Waals surface area contributed by atoms with Crippen molar-refractivity contribution in [3.63, 3.8) is 0 Å². The lowest BCUT2D eigenvalue weighted by Gasteiger charge is -2.39. The number of aryl methyl sites for hydroxylation is 1. The van der Waals surface area contributed by atoms with Crippen molar-refractivity contribution in [1.82, 2.24) is 0 Å². The standard InChI is InChI=1S/C14H20O7S/c1-8-4-6-10(7-5-8)22(17,18)21-13-9(2)20-14(19-3)12(16)11(13)15/h4-7,9,11-16H,1-3H3/t9-,11-,12-,13-,14-/m1/s1. The first-order chi connectivity index (χ1) is 10.3. The highest BCUT2D eigenvalue weighted by molar-refractivity contribution is 7.86. The van der Waals surface area contributed by atoms with Gasteiger partial charge in [0.05, 0.1) is 11.0 Å². The largest absolute Gasteiger partial charge is 0.387 e. The maximum atomic E-state index is 12.3. The van der Waals surface area contributed by atoms with Crippen LogP contribution in [0, 0.1) is 6.92 Å². The molecule has 0 amide bonds. The molecule has 8 heteroatoms. The molecule has 1 fully saturated rings. The molecule has 5 atom stereocenters. The molecular formula is C14H20O7S. The molecule has 2 rings (SSSR count). The Morgan fingerprint density at radius 3 is 2.27 bits per heavy atom. The fraction of sp³-hybridized carbons (Fsp3) is 0.571. The molecule has 0 aliphatic carbocycles. The Kier molecular flexibility index (Phi) is 5.21. The van der Waals surface area contributed by atoms with E-state index in [0.29, 0.717) is 0 Å². The van der Waals surface area contributed by atoms with Crippen molar-refractivity contribution in [3.8, 4) is 0 Å². The zero-order valence-electron chi connectivity index (χ0n) is 12.5. The van der Waals surface area contributed by atoms with Gasteiger partial charge in [-0.3, -0.25) is 4.18 Å². The van der Waals surface area contributed by atoms with E-state index < -0.39 is 40.8 Å². The molecule has 0 spiro atoms. The van der Waals surface area contributed by atoms with E-state index in [2.05, 4.69) is 0 Å². The third kappa shape index (κ3) is 3.48. The number of benzene rings is 1. The first kappa shape index (κ1) is 17.3. The number of hydrogen-bond donors (Lipinski definition) is 2. The summed E-state index contributed by atoms with van der Waals surface area (Å²) in [5.74, 6) is 0. The summed E-state index contributed by atoms with van der Waals surface area (Å²) in [7, 11) is -2.77. The summed E-state index contributed by atoms with van der Waals surface area (Å²) in [6, 6.07) is 6.12. The minimum atomic E-state index is -4.08. The normalized spacial score (nSPS) is 32.9. The molecule has 1 aromatic carbocycles. The second-order valence-corrected chi connectivity index (χ2v) is 6.83. The van der Waals surface area contributed by atoms with Crippen LogP contribution in [0.25, 0.3) is 0 Å². The quantitative estimate of drug-likeness (QED) is 0.758. The highest BCUT2D eigenvalue weighted by Crippen LogP contribution is 2.27. The van der Waals surface area contributed by atoms with Crippen molar-refractivity contribution in [2.75, 3.05) is 7.11 Å². The second-order valence-electron chi connectivity index (χ2n) is 5.25. The number of rotatable bonds is 4. The molecule has 1 aliphatic heterocycles. The van der Waals surface area contributed by atoms with Crippen molar-refractivity contribution < 1.29 is 32.3 Å². The smallest absolute Gasteiger partial charge is 0.297 e. The fourth-order valence-electron chi connectivity index (χ4n) is 2.24. The average molecular weight is 332 g/mol. The van der Waals surface area contributed by atoms with Crippen LogP contribution < -0.4 is 0 Å². The van der Waals surface area contributed by atoms with Gasteiger partial charge in [-0.15, -0.1) is 0 Å². The number of aliphatic hydroxyl groups excluding tert-OH is 2. The first-order valence-corrected chi connectivity index (χ1v) is 8.21. The zero-order chi connectivity index (χ0) is 16.5. The summed E-state index contributed by atoms with van der Waals surface area (Å²) in [5.41, 5.74) is 0.909. The lowest BCUT2D eigenvalue weighted by Crippen LogP contribution is -2.58. The lowest BCUT2D eigenvalue weighted by atomic mass is 10.0. The molecule has 0 radical (unpaired) electrons. The second kappa shape index (κ2) is 6.61. The van der Waals surface area contributed by atoms with E-state index in [4.69, 9.17) is 13.7 Å². The number of ether oxygens (including phenoxy) is 2. The van der Waals surface area contributed by atoms with Crippen molar-refractivity contribution in [3.05, 3.63) is 29.8 Å². The van der Waals surface area contributed by atoms with Gasteiger partial charge in [-0.05, 0) is 26.0 Å². The van der Waals surface area contributed by atoms with Gasteiger partial charge >= 0.3 is 0 Å². The van der Waals surface area contributed by atoms with Crippen LogP contribution in [0.15, 0.2) is 29.2 Å². The molecule has 1 aliphatic rings. The van der Waals surface area contributed by atoms with E-state index in [-0.39, 0.29) is 4.90 Å². The van der Waals surface area contributed by atoms with Crippen LogP contribution in [0.4, 0.5) is 0 Å². The summed E-state index contributed by atoms with van der Waals surface area (Å²) in [4.78, 5) is -0.0270. The van der Waals surface area contributed by atoms with Crippen LogP contribution in [-0.4, -0.2) is 56.4 Å². The van der Waals surface area contributed by atoms with Gasteiger partial charge in [0.2, 0.25) is 0 Å². The van der Waals surface area contributed by atoms with Crippen LogP contribution in [-0.2, 0) is 23.8 Å². The summed E-state index contributed by atoms with van der Waals surface area (Å²) in [6.07, 6.45) is -5.89. The molecular weight excluding hydrogens is 312 g/mol. The summed E-state index contributed by atoms with van der Waals surface area (Å²) >= 11 is 0. The highest BCUT2D eigenvalue weighted by Gasteiger charge is 2.45. The van der Waals surface area contributed by atoms with Gasteiger partial charge in [-0.1, -0.05) is 17.7 Å². The monoisotopic (exact) mass is 332 g/mol. The molecule has 2 N–H and O–H groups in total. The van der Waals surface area contributed by atoms with Crippen LogP contribution in [0.3, 0.4) is 0 Å². The van der Waals surface area contributed by atoms with E-state index in [1.165, 1.54) is 26.2 Å². The van der Waals surface area contributed by atoms with E-state index in [0.717, 1.165) is 5.56 Å². The van der Waals surface area contributed by atoms with Gasteiger partial charge in [0, 0.05) is 7.11 Å². The minimum Gasteiger partial charge on any atom is -0.387 e. The Morgan fingerprint density at radius 1 is 1.14 bits per heavy atom. The molecule has 22 heavy (non-hydrogen) atoms. The molecule has 0 bridgehead atoms. The van der Waals surface area contributed by atoms with Gasteiger partial charge < -0.3 is 19.7 Å². The molecule has 1 heterocycles. The minimum absolute atomic E-state index is 0.0270. The Bertz CT molecular complexity index is 598. The maximum Gasteiger partial charge on any atom is 0.297 e. The Labute approximate surface area is 129 Å². The topological polar surface area (TPSA) is 102 Å². The van der Waals surface area contributed by atoms with Gasteiger partial charge in [-0.2, -0.15) is 8.42 Å². The van der Waals surface area contributed by atoms with Crippen molar-refractivity contribution in [1.29, 1.82) is 0 Å². The molecule has 1 aromatic rings. The Morgan fingerprint density at radius 2 is 1.73 bits per heavy atom. The summed E-state index contributed by atoms with van der Waals surface area (Å²) in [6.45, 7) is 3.37. The molecule has 0 saturated carbocycles. The van der Waals surface area contributed by atoms with Crippen molar-refractivity contribution in [2.45, 2.75) is 49.4 Å². The van der Waals surface area contributed by atoms with Gasteiger partial charge in [-0.25, -0.2) is 0 Å². The summed E-state index contributed by atoms with van der Waals surface area (Å²) in [5, 5.41) is 19.9. The predicted octanol–water partition coefficient (Wildman–Crippen LogP) is 0.182. The third-order valence-electron chi connectivity index (χ3n) is 3.56. The third-order valence-corrected chi connectivity index (χ3v) is 4.88. The van der Waals surface area contributed by atoms with Gasteiger partial charge in [0.25, 0.3) is 10.1 Å². The van der Waals surface area contributed by atoms with E-state index in [1.807, 2.05) is 6.92 Å². The molecule has 124 valence electrons. The highest BCUT2D eigenvalue weighted by atomic mass is 32.2. The van der Waals surface area contributed by atoms with E-state index >= 15 is 0 Å². The number of hydrogen-bond acceptors (Lipinski definition) is 7. The number of methoxy groups -OCH3 is 1. The van der Waals surface area contributed by atoms with Crippen LogP contribution >= 0.6 is 0 Å². The Hall–Kier alpha value is -1.03. The fourth-order valence-corrected chi connectivity index (χ4v) is 3.38. The predicted molar refractivity (Wildman–Crippen MR) is 76.6 cm³/mol. The lowest BCUT2D eigenvalue weighted by molar-refractivity contribution is -0.281. The molecule has 7 nitrogen and oxygen atoms in total. The van der Waals surface area contributed by atoms with Crippen LogP contribution in [0.5, 0.6) is 0 Å². The first-order valence-electron chi connectivity index (χ1n) is 6.80. The van der Waals surface area contributed by atoms with Gasteiger partial charge in [0.15, 0.2) is 6.29 Å². The molecule has 1 saturated heterocycles. The van der Waals surface area contributed by atoms with Crippen LogP contribution in [0.2, 0.25) is 0 Å². The molecule has 0 unspecified atom stereocenters. The molecule has 0 aromatic heterocycles. The Balaban J connectivity index is 2.20. The van der Waals surface area contributed by atoms with Crippen molar-refractivity contribution in [2.24, 2.45) is 0 Å². The SMILES string of the molecule is CO[C@@H]1O[C@H](C)[C@@H](OS(=O)(=O)c2ccc(C)cc2)[C@H](O)[C@H]1O. The van der Waals surface area contributed by atoms with Crippen LogP contribution in [0.1, 0.15) is 12.5 Å². The maximum absolute atomic E-state index is 12.3. The van der Waals surface area contributed by atoms with Crippen molar-refractivity contribution >= 4 is 10.1 Å². The average Bonchev–Trinajstić information content (AvgIpc) is 2.48. The van der Waals surface area contributed by atoms with Gasteiger partial charge in [0.1, 0.15) is 18.3 Å². The number of aliphatic hydroxyl groups is 2. The summed E-state index contributed by atoms with van der Waals surface area (Å²) < 4.78 is 39.8. The zero-order valence-corrected chi connectivity index (χ0v) is 13.4. The van der Waals surface area contributed by atoms with E-state index in [1.54, 1.807) is 12.1 Å².